The maximum atomic E-state index is 12.0. The summed E-state index contributed by atoms with van der Waals surface area (Å²) in [7, 11) is 0. The van der Waals surface area contributed by atoms with E-state index in [-0.39, 0.29) is 22.8 Å². The summed E-state index contributed by atoms with van der Waals surface area (Å²) in [5.74, 6) is -3.07. The van der Waals surface area contributed by atoms with E-state index in [0.29, 0.717) is 0 Å². The van der Waals surface area contributed by atoms with Gasteiger partial charge < -0.3 is 19.9 Å². The summed E-state index contributed by atoms with van der Waals surface area (Å²) in [6.07, 6.45) is 0. The molecular weight excluding hydrogens is 374 g/mol. The minimum Gasteiger partial charge on any atom is -0.506 e. The van der Waals surface area contributed by atoms with E-state index in [2.05, 4.69) is 14.7 Å². The lowest BCUT2D eigenvalue weighted by atomic mass is 10.1. The van der Waals surface area contributed by atoms with Gasteiger partial charge in [-0.25, -0.2) is 4.79 Å². The summed E-state index contributed by atoms with van der Waals surface area (Å²) in [6.45, 7) is 3.56. The molecule has 0 spiro atoms. The third-order valence-corrected chi connectivity index (χ3v) is 3.53. The Kier molecular flexibility index (Phi) is 5.58. The first kappa shape index (κ1) is 20.3. The number of hydrogen-bond acceptors (Lipinski definition) is 9. The molecule has 0 fully saturated rings. The second kappa shape index (κ2) is 7.70. The molecule has 0 radical (unpaired) electrons. The van der Waals surface area contributed by atoms with Gasteiger partial charge in [0.15, 0.2) is 5.78 Å². The zero-order chi connectivity index (χ0) is 21.2. The maximum absolute atomic E-state index is 12.0. The van der Waals surface area contributed by atoms with Crippen LogP contribution in [0.15, 0.2) is 32.4 Å². The van der Waals surface area contributed by atoms with Gasteiger partial charge in [-0.3, -0.25) is 24.7 Å². The van der Waals surface area contributed by atoms with Gasteiger partial charge in [-0.2, -0.15) is 0 Å². The van der Waals surface area contributed by atoms with E-state index < -0.39 is 45.1 Å². The third kappa shape index (κ3) is 4.20. The number of anilines is 1. The second-order valence-electron chi connectivity index (χ2n) is 5.72. The topological polar surface area (TPSA) is 172 Å². The molecule has 2 rings (SSSR count). The molecule has 28 heavy (non-hydrogen) atoms. The highest BCUT2D eigenvalue weighted by Crippen LogP contribution is 2.31. The van der Waals surface area contributed by atoms with Gasteiger partial charge in [0.05, 0.1) is 16.3 Å². The number of aliphatic imine (C=N–C) groups is 1. The second-order valence-corrected chi connectivity index (χ2v) is 5.72. The molecule has 146 valence electrons. The van der Waals surface area contributed by atoms with E-state index in [1.54, 1.807) is 0 Å². The van der Waals surface area contributed by atoms with Gasteiger partial charge >= 0.3 is 5.63 Å². The molecule has 0 atom stereocenters. The van der Waals surface area contributed by atoms with Crippen LogP contribution in [-0.2, 0) is 4.79 Å². The summed E-state index contributed by atoms with van der Waals surface area (Å²) in [4.78, 5) is 49.2. The van der Waals surface area contributed by atoms with Crippen molar-refractivity contribution in [3.05, 3.63) is 49.9 Å². The molecular formula is C17H15N3O8. The van der Waals surface area contributed by atoms with Crippen molar-refractivity contribution < 1.29 is 29.1 Å². The summed E-state index contributed by atoms with van der Waals surface area (Å²) >= 11 is 0. The number of benzene rings is 1. The van der Waals surface area contributed by atoms with E-state index >= 15 is 0 Å². The Labute approximate surface area is 157 Å². The standard InChI is InChI=1S/C17H15N3O8/c1-7(13-15(23)14(8(2)21)17(25)28-16(13)24)18-10-4-11(19-9(3)22)6-12(5-10)20(26)27/h4-6,23,25H,1-3H3,(H,19,22). The van der Waals surface area contributed by atoms with E-state index in [1.165, 1.54) is 19.9 Å². The number of carbonyl (C=O) groups excluding carboxylic acids is 2. The molecule has 0 saturated heterocycles. The molecule has 1 amide bonds. The van der Waals surface area contributed by atoms with Crippen molar-refractivity contribution in [2.75, 3.05) is 5.32 Å². The first-order chi connectivity index (χ1) is 13.0. The highest BCUT2D eigenvalue weighted by atomic mass is 16.6. The van der Waals surface area contributed by atoms with E-state index in [4.69, 9.17) is 0 Å². The molecule has 0 aliphatic carbocycles. The average molecular weight is 389 g/mol. The van der Waals surface area contributed by atoms with Crippen LogP contribution in [0.3, 0.4) is 0 Å². The Balaban J connectivity index is 2.66. The summed E-state index contributed by atoms with van der Waals surface area (Å²) < 4.78 is 4.55. The molecule has 0 saturated carbocycles. The van der Waals surface area contributed by atoms with Gasteiger partial charge in [-0.15, -0.1) is 0 Å². The Morgan fingerprint density at radius 2 is 1.79 bits per heavy atom. The number of hydrogen-bond donors (Lipinski definition) is 3. The van der Waals surface area contributed by atoms with Crippen LogP contribution < -0.4 is 10.9 Å². The van der Waals surface area contributed by atoms with Gasteiger partial charge in [0.25, 0.3) is 11.6 Å². The Bertz CT molecular complexity index is 1080. The maximum Gasteiger partial charge on any atom is 0.351 e. The normalized spacial score (nSPS) is 11.2. The third-order valence-electron chi connectivity index (χ3n) is 3.53. The number of nitrogens with one attached hydrogen (secondary N) is 1. The summed E-state index contributed by atoms with van der Waals surface area (Å²) in [6, 6.07) is 3.51. The largest absolute Gasteiger partial charge is 0.506 e. The molecule has 0 unspecified atom stereocenters. The molecule has 2 aromatic rings. The van der Waals surface area contributed by atoms with Crippen LogP contribution in [0.2, 0.25) is 0 Å². The fourth-order valence-corrected chi connectivity index (χ4v) is 2.44. The van der Waals surface area contributed by atoms with Gasteiger partial charge in [-0.1, -0.05) is 0 Å². The van der Waals surface area contributed by atoms with Crippen LogP contribution in [0.25, 0.3) is 0 Å². The molecule has 11 nitrogen and oxygen atoms in total. The molecule has 1 aromatic carbocycles. The van der Waals surface area contributed by atoms with Crippen molar-refractivity contribution in [2.45, 2.75) is 20.8 Å². The van der Waals surface area contributed by atoms with Crippen LogP contribution in [0.5, 0.6) is 11.7 Å². The number of nitrogens with zero attached hydrogens (tertiary/aromatic N) is 2. The van der Waals surface area contributed by atoms with Crippen LogP contribution in [-0.4, -0.2) is 32.5 Å². The van der Waals surface area contributed by atoms with Crippen molar-refractivity contribution >= 4 is 34.5 Å². The van der Waals surface area contributed by atoms with Crippen molar-refractivity contribution in [3.8, 4) is 11.7 Å². The average Bonchev–Trinajstić information content (AvgIpc) is 2.52. The molecule has 3 N–H and O–H groups in total. The minimum atomic E-state index is -1.16. The highest BCUT2D eigenvalue weighted by molar-refractivity contribution is 6.07. The Hall–Kier alpha value is -4.02. The van der Waals surface area contributed by atoms with Crippen molar-refractivity contribution in [1.82, 2.24) is 0 Å². The molecule has 1 aromatic heterocycles. The van der Waals surface area contributed by atoms with Gasteiger partial charge in [0.1, 0.15) is 16.9 Å². The lowest BCUT2D eigenvalue weighted by Crippen LogP contribution is -2.15. The van der Waals surface area contributed by atoms with Gasteiger partial charge in [-0.05, 0) is 19.9 Å². The number of rotatable bonds is 5. The monoisotopic (exact) mass is 389 g/mol. The first-order valence-electron chi connectivity index (χ1n) is 7.74. The van der Waals surface area contributed by atoms with Crippen LogP contribution in [0.4, 0.5) is 17.1 Å². The fraction of sp³-hybridized carbons (Fsp3) is 0.176. The molecule has 1 heterocycles. The number of carbonyl (C=O) groups is 2. The predicted octanol–water partition coefficient (Wildman–Crippen LogP) is 2.26. The highest BCUT2D eigenvalue weighted by Gasteiger charge is 2.24. The first-order valence-corrected chi connectivity index (χ1v) is 7.74. The zero-order valence-electron chi connectivity index (χ0n) is 15.0. The number of ketones is 1. The minimum absolute atomic E-state index is 0.00769. The van der Waals surface area contributed by atoms with Crippen molar-refractivity contribution in [3.63, 3.8) is 0 Å². The summed E-state index contributed by atoms with van der Waals surface area (Å²) in [5.41, 5.74) is -2.66. The fourth-order valence-electron chi connectivity index (χ4n) is 2.44. The number of nitro groups is 1. The SMILES string of the molecule is CC(=O)Nc1cc(N=C(C)c2c(O)c(C(C)=O)c(O)oc2=O)cc([N+](=O)[O-])c1. The van der Waals surface area contributed by atoms with Crippen molar-refractivity contribution in [2.24, 2.45) is 4.99 Å². The summed E-state index contributed by atoms with van der Waals surface area (Å²) in [5, 5.41) is 33.2. The lowest BCUT2D eigenvalue weighted by molar-refractivity contribution is -0.384. The molecule has 0 aliphatic heterocycles. The molecule has 0 aliphatic rings. The molecule has 11 heteroatoms. The van der Waals surface area contributed by atoms with Crippen LogP contribution >= 0.6 is 0 Å². The van der Waals surface area contributed by atoms with Crippen LogP contribution in [0.1, 0.15) is 36.7 Å². The van der Waals surface area contributed by atoms with Gasteiger partial charge in [0.2, 0.25) is 5.91 Å². The Morgan fingerprint density at radius 3 is 2.32 bits per heavy atom. The smallest absolute Gasteiger partial charge is 0.351 e. The number of Topliss-reactive ketones (excluding diaryl/α,β-unsaturated/α-hetero) is 1. The van der Waals surface area contributed by atoms with E-state index in [9.17, 15) is 34.7 Å². The number of amides is 1. The number of non-ortho nitro benzene ring substituents is 1. The number of aromatic hydroxyl groups is 2. The van der Waals surface area contributed by atoms with Crippen molar-refractivity contribution in [1.29, 1.82) is 0 Å². The molecule has 0 bridgehead atoms. The van der Waals surface area contributed by atoms with Crippen LogP contribution in [0, 0.1) is 10.1 Å². The zero-order valence-corrected chi connectivity index (χ0v) is 15.0. The van der Waals surface area contributed by atoms with E-state index in [1.807, 2.05) is 0 Å². The lowest BCUT2D eigenvalue weighted by Gasteiger charge is -2.08. The van der Waals surface area contributed by atoms with E-state index in [0.717, 1.165) is 19.1 Å². The quantitative estimate of drug-likeness (QED) is 0.302. The number of nitro benzene ring substituents is 1. The Morgan fingerprint density at radius 1 is 1.14 bits per heavy atom. The predicted molar refractivity (Wildman–Crippen MR) is 97.6 cm³/mol. The van der Waals surface area contributed by atoms with Gasteiger partial charge in [0, 0.05) is 24.7 Å².